The molecule has 116 valence electrons. The van der Waals surface area contributed by atoms with Crippen molar-refractivity contribution in [1.82, 2.24) is 9.55 Å². The maximum Gasteiger partial charge on any atom is 0.0522 e. The smallest absolute Gasteiger partial charge is 0.0522 e. The summed E-state index contributed by atoms with van der Waals surface area (Å²) >= 11 is 0. The average Bonchev–Trinajstić information content (AvgIpc) is 3.19. The van der Waals surface area contributed by atoms with Crippen LogP contribution in [0.5, 0.6) is 0 Å². The molecule has 2 aromatic heterocycles. The quantitative estimate of drug-likeness (QED) is 0.515. The highest BCUT2D eigenvalue weighted by atomic mass is 14.9. The normalized spacial score (nSPS) is 12.0. The maximum atomic E-state index is 4.60. The summed E-state index contributed by atoms with van der Waals surface area (Å²) in [6, 6.07) is 29.4. The van der Waals surface area contributed by atoms with Crippen molar-refractivity contribution in [2.75, 3.05) is 0 Å². The van der Waals surface area contributed by atoms with Crippen molar-refractivity contribution in [1.29, 1.82) is 0 Å². The number of benzene rings is 2. The molecule has 0 saturated heterocycles. The molecular weight excluding hydrogens is 292 g/mol. The van der Waals surface area contributed by atoms with E-state index in [1.54, 1.807) is 0 Å². The topological polar surface area (TPSA) is 17.8 Å². The first-order chi connectivity index (χ1) is 11.9. The van der Waals surface area contributed by atoms with Gasteiger partial charge in [-0.05, 0) is 47.5 Å². The lowest BCUT2D eigenvalue weighted by molar-refractivity contribution is 0.916. The lowest BCUT2D eigenvalue weighted by Gasteiger charge is -2.18. The zero-order chi connectivity index (χ0) is 16.2. The molecule has 2 heteroatoms. The molecule has 24 heavy (non-hydrogen) atoms. The molecule has 0 amide bonds. The predicted octanol–water partition coefficient (Wildman–Crippen LogP) is 5.05. The Balaban J connectivity index is 1.77. The van der Waals surface area contributed by atoms with Gasteiger partial charge in [-0.3, -0.25) is 4.98 Å². The highest BCUT2D eigenvalue weighted by Crippen LogP contribution is 2.30. The SMILES string of the molecule is c1ccc(C(c2ccc(-n3cccc3)cc2)c2ccccn2)cc1. The highest BCUT2D eigenvalue weighted by Gasteiger charge is 2.17. The first kappa shape index (κ1) is 14.5. The molecule has 0 aliphatic rings. The number of nitrogens with zero attached hydrogens (tertiary/aromatic N) is 2. The molecule has 0 aliphatic heterocycles. The Morgan fingerprint density at radius 2 is 1.29 bits per heavy atom. The Labute approximate surface area is 142 Å². The molecule has 0 spiro atoms. The van der Waals surface area contributed by atoms with Crippen LogP contribution in [0.15, 0.2) is 104 Å². The lowest BCUT2D eigenvalue weighted by Crippen LogP contribution is -2.05. The number of hydrogen-bond donors (Lipinski definition) is 0. The Morgan fingerprint density at radius 1 is 0.625 bits per heavy atom. The van der Waals surface area contributed by atoms with Gasteiger partial charge in [0.1, 0.15) is 0 Å². The van der Waals surface area contributed by atoms with Gasteiger partial charge < -0.3 is 4.57 Å². The van der Waals surface area contributed by atoms with Crippen molar-refractivity contribution in [2.45, 2.75) is 5.92 Å². The van der Waals surface area contributed by atoms with Crippen LogP contribution in [0.25, 0.3) is 5.69 Å². The van der Waals surface area contributed by atoms with Crippen LogP contribution in [0, 0.1) is 0 Å². The molecule has 1 unspecified atom stereocenters. The Morgan fingerprint density at radius 3 is 1.96 bits per heavy atom. The van der Waals surface area contributed by atoms with Crippen LogP contribution in [0.3, 0.4) is 0 Å². The van der Waals surface area contributed by atoms with Gasteiger partial charge in [0.15, 0.2) is 0 Å². The van der Waals surface area contributed by atoms with E-state index in [2.05, 4.69) is 76.5 Å². The van der Waals surface area contributed by atoms with Crippen LogP contribution in [0.4, 0.5) is 0 Å². The molecule has 1 atom stereocenters. The Hall–Kier alpha value is -3.13. The van der Waals surface area contributed by atoms with Crippen LogP contribution in [-0.2, 0) is 0 Å². The highest BCUT2D eigenvalue weighted by molar-refractivity contribution is 5.44. The third-order valence-corrected chi connectivity index (χ3v) is 4.25. The van der Waals surface area contributed by atoms with E-state index in [9.17, 15) is 0 Å². The Bertz CT molecular complexity index is 840. The van der Waals surface area contributed by atoms with E-state index in [-0.39, 0.29) is 5.92 Å². The van der Waals surface area contributed by atoms with E-state index in [0.717, 1.165) is 11.4 Å². The van der Waals surface area contributed by atoms with Crippen molar-refractivity contribution in [3.05, 3.63) is 120 Å². The first-order valence-corrected chi connectivity index (χ1v) is 8.11. The average molecular weight is 310 g/mol. The molecule has 0 radical (unpaired) electrons. The van der Waals surface area contributed by atoms with Gasteiger partial charge in [0.2, 0.25) is 0 Å². The molecule has 0 aliphatic carbocycles. The van der Waals surface area contributed by atoms with Crippen LogP contribution in [0.2, 0.25) is 0 Å². The van der Waals surface area contributed by atoms with Gasteiger partial charge in [-0.25, -0.2) is 0 Å². The van der Waals surface area contributed by atoms with E-state index in [1.807, 2.05) is 36.5 Å². The summed E-state index contributed by atoms with van der Waals surface area (Å²) in [5.74, 6) is 0.145. The lowest BCUT2D eigenvalue weighted by atomic mass is 9.88. The van der Waals surface area contributed by atoms with E-state index in [1.165, 1.54) is 11.1 Å². The van der Waals surface area contributed by atoms with Gasteiger partial charge in [0.25, 0.3) is 0 Å². The van der Waals surface area contributed by atoms with E-state index < -0.39 is 0 Å². The van der Waals surface area contributed by atoms with Crippen molar-refractivity contribution in [2.24, 2.45) is 0 Å². The van der Waals surface area contributed by atoms with E-state index in [4.69, 9.17) is 0 Å². The minimum absolute atomic E-state index is 0.145. The summed E-state index contributed by atoms with van der Waals surface area (Å²) in [4.78, 5) is 4.60. The van der Waals surface area contributed by atoms with Crippen molar-refractivity contribution >= 4 is 0 Å². The molecule has 0 saturated carbocycles. The van der Waals surface area contributed by atoms with E-state index in [0.29, 0.717) is 0 Å². The molecule has 0 N–H and O–H groups in total. The van der Waals surface area contributed by atoms with Gasteiger partial charge in [-0.1, -0.05) is 48.5 Å². The zero-order valence-electron chi connectivity index (χ0n) is 13.3. The summed E-state index contributed by atoms with van der Waals surface area (Å²) in [7, 11) is 0. The van der Waals surface area contributed by atoms with Gasteiger partial charge in [-0.2, -0.15) is 0 Å². The van der Waals surface area contributed by atoms with Crippen molar-refractivity contribution < 1.29 is 0 Å². The molecule has 4 aromatic rings. The van der Waals surface area contributed by atoms with Gasteiger partial charge in [0.05, 0.1) is 11.6 Å². The zero-order valence-corrected chi connectivity index (χ0v) is 13.3. The van der Waals surface area contributed by atoms with E-state index >= 15 is 0 Å². The fraction of sp³-hybridized carbons (Fsp3) is 0.0455. The Kier molecular flexibility index (Phi) is 3.95. The standard InChI is InChI=1S/C22H18N2/c1-2-8-18(9-3-1)22(21-10-4-5-15-23-21)19-11-13-20(14-12-19)24-16-6-7-17-24/h1-17,22H. The van der Waals surface area contributed by atoms with Crippen molar-refractivity contribution in [3.8, 4) is 5.69 Å². The molecule has 4 rings (SSSR count). The van der Waals surface area contributed by atoms with Crippen molar-refractivity contribution in [3.63, 3.8) is 0 Å². The number of rotatable bonds is 4. The van der Waals surface area contributed by atoms with Crippen LogP contribution < -0.4 is 0 Å². The molecule has 2 nitrogen and oxygen atoms in total. The second-order valence-corrected chi connectivity index (χ2v) is 5.78. The number of hydrogen-bond acceptors (Lipinski definition) is 1. The predicted molar refractivity (Wildman–Crippen MR) is 97.4 cm³/mol. The molecular formula is C22H18N2. The molecule has 0 bridgehead atoms. The van der Waals surface area contributed by atoms with Crippen LogP contribution in [-0.4, -0.2) is 9.55 Å². The second kappa shape index (κ2) is 6.55. The monoisotopic (exact) mass is 310 g/mol. The summed E-state index contributed by atoms with van der Waals surface area (Å²) in [6.07, 6.45) is 5.98. The summed E-state index contributed by atoms with van der Waals surface area (Å²) in [5, 5.41) is 0. The first-order valence-electron chi connectivity index (χ1n) is 8.11. The summed E-state index contributed by atoms with van der Waals surface area (Å²) < 4.78 is 2.11. The fourth-order valence-electron chi connectivity index (χ4n) is 3.07. The van der Waals surface area contributed by atoms with Crippen LogP contribution in [0.1, 0.15) is 22.7 Å². The number of aromatic nitrogens is 2. The second-order valence-electron chi connectivity index (χ2n) is 5.78. The third-order valence-electron chi connectivity index (χ3n) is 4.25. The minimum atomic E-state index is 0.145. The minimum Gasteiger partial charge on any atom is -0.324 e. The number of pyridine rings is 1. The third kappa shape index (κ3) is 2.86. The molecule has 2 heterocycles. The molecule has 2 aromatic carbocycles. The van der Waals surface area contributed by atoms with Gasteiger partial charge in [0, 0.05) is 24.3 Å². The largest absolute Gasteiger partial charge is 0.324 e. The maximum absolute atomic E-state index is 4.60. The fourth-order valence-corrected chi connectivity index (χ4v) is 3.07. The summed E-state index contributed by atoms with van der Waals surface area (Å²) in [6.45, 7) is 0. The van der Waals surface area contributed by atoms with Gasteiger partial charge in [-0.15, -0.1) is 0 Å². The van der Waals surface area contributed by atoms with Gasteiger partial charge >= 0.3 is 0 Å². The molecule has 0 fully saturated rings. The summed E-state index contributed by atoms with van der Waals surface area (Å²) in [5.41, 5.74) is 4.73. The van der Waals surface area contributed by atoms with Crippen LogP contribution >= 0.6 is 0 Å².